The third-order valence-corrected chi connectivity index (χ3v) is 4.97. The predicted octanol–water partition coefficient (Wildman–Crippen LogP) is 1.90. The Hall–Kier alpha value is -2.57. The molecule has 0 unspecified atom stereocenters. The number of nitrogens with one attached hydrogen (secondary N) is 2. The van der Waals surface area contributed by atoms with Gasteiger partial charge in [-0.1, -0.05) is 12.1 Å². The average Bonchev–Trinajstić information content (AvgIpc) is 3.25. The molecule has 2 aromatic rings. The lowest BCUT2D eigenvalue weighted by molar-refractivity contribution is -0.138. The Morgan fingerprint density at radius 3 is 3.04 bits per heavy atom. The van der Waals surface area contributed by atoms with Gasteiger partial charge in [-0.05, 0) is 37.8 Å². The van der Waals surface area contributed by atoms with Gasteiger partial charge in [0.2, 0.25) is 11.8 Å². The number of fused-ring (bicyclic) bond motifs is 1. The molecule has 4 rings (SSSR count). The van der Waals surface area contributed by atoms with Crippen LogP contribution in [-0.2, 0) is 9.59 Å². The van der Waals surface area contributed by atoms with Gasteiger partial charge in [0.05, 0.1) is 0 Å². The minimum absolute atomic E-state index is 0.0232. The Morgan fingerprint density at radius 2 is 2.20 bits per heavy atom. The average molecular weight is 342 g/mol. The van der Waals surface area contributed by atoms with Gasteiger partial charge in [-0.2, -0.15) is 4.98 Å². The summed E-state index contributed by atoms with van der Waals surface area (Å²) in [5.74, 6) is 0.0138. The molecule has 2 amide bonds. The van der Waals surface area contributed by atoms with E-state index >= 15 is 0 Å². The second kappa shape index (κ2) is 6.74. The molecule has 2 atom stereocenters. The number of carbonyl (C=O) groups excluding carboxylic acids is 2. The highest BCUT2D eigenvalue weighted by molar-refractivity contribution is 5.89. The van der Waals surface area contributed by atoms with Gasteiger partial charge in [0, 0.05) is 25.6 Å². The van der Waals surface area contributed by atoms with Crippen LogP contribution in [0.1, 0.15) is 32.1 Å². The number of oxazole rings is 1. The Bertz CT molecular complexity index is 754. The van der Waals surface area contributed by atoms with E-state index in [1.165, 1.54) is 0 Å². The number of para-hydroxylation sites is 2. The fourth-order valence-corrected chi connectivity index (χ4v) is 3.68. The molecule has 1 aromatic carbocycles. The van der Waals surface area contributed by atoms with Gasteiger partial charge in [0.25, 0.3) is 6.01 Å². The first-order valence-corrected chi connectivity index (χ1v) is 8.90. The van der Waals surface area contributed by atoms with E-state index < -0.39 is 0 Å². The van der Waals surface area contributed by atoms with Crippen LogP contribution in [0, 0.1) is 0 Å². The highest BCUT2D eigenvalue weighted by Crippen LogP contribution is 2.23. The van der Waals surface area contributed by atoms with Crippen molar-refractivity contribution in [1.29, 1.82) is 0 Å². The van der Waals surface area contributed by atoms with Gasteiger partial charge in [0.15, 0.2) is 5.58 Å². The van der Waals surface area contributed by atoms with E-state index in [1.807, 2.05) is 29.2 Å². The van der Waals surface area contributed by atoms with Gasteiger partial charge >= 0.3 is 0 Å². The summed E-state index contributed by atoms with van der Waals surface area (Å²) in [6.07, 6.45) is 3.95. The number of aromatic nitrogens is 1. The fraction of sp³-hybridized carbons (Fsp3) is 0.500. The Labute approximate surface area is 145 Å². The molecule has 132 valence electrons. The normalized spacial score (nSPS) is 23.7. The molecule has 0 aliphatic carbocycles. The molecule has 2 fully saturated rings. The van der Waals surface area contributed by atoms with Crippen molar-refractivity contribution in [3.63, 3.8) is 0 Å². The molecule has 0 bridgehead atoms. The first-order chi connectivity index (χ1) is 12.2. The summed E-state index contributed by atoms with van der Waals surface area (Å²) < 4.78 is 5.67. The number of anilines is 1. The van der Waals surface area contributed by atoms with Crippen molar-refractivity contribution < 1.29 is 14.0 Å². The number of benzene rings is 1. The van der Waals surface area contributed by atoms with Crippen molar-refractivity contribution in [2.45, 2.75) is 44.2 Å². The molecule has 0 radical (unpaired) electrons. The number of hydrogen-bond acceptors (Lipinski definition) is 5. The highest BCUT2D eigenvalue weighted by atomic mass is 16.4. The summed E-state index contributed by atoms with van der Waals surface area (Å²) in [7, 11) is 0. The Balaban J connectivity index is 1.39. The van der Waals surface area contributed by atoms with Crippen molar-refractivity contribution in [2.75, 3.05) is 18.4 Å². The maximum absolute atomic E-state index is 12.8. The summed E-state index contributed by atoms with van der Waals surface area (Å²) in [5.41, 5.74) is 1.56. The molecule has 2 aliphatic heterocycles. The lowest BCUT2D eigenvalue weighted by Crippen LogP contribution is -2.52. The summed E-state index contributed by atoms with van der Waals surface area (Å²) in [6, 6.07) is 7.82. The summed E-state index contributed by atoms with van der Waals surface area (Å²) in [5, 5.41) is 6.04. The first kappa shape index (κ1) is 15.9. The number of rotatable bonds is 4. The van der Waals surface area contributed by atoms with Crippen LogP contribution >= 0.6 is 0 Å². The number of nitrogens with zero attached hydrogens (tertiary/aromatic N) is 2. The van der Waals surface area contributed by atoms with E-state index in [1.54, 1.807) is 0 Å². The van der Waals surface area contributed by atoms with Crippen LogP contribution in [0.4, 0.5) is 6.01 Å². The molecule has 2 saturated heterocycles. The van der Waals surface area contributed by atoms with E-state index in [0.717, 1.165) is 43.3 Å². The SMILES string of the molecule is O=C1CCC[C@H](C(=O)N2CCC[C@@H]2CNc2nc3ccccc3o2)N1. The van der Waals surface area contributed by atoms with Crippen LogP contribution in [0.5, 0.6) is 0 Å². The topological polar surface area (TPSA) is 87.5 Å². The maximum atomic E-state index is 12.8. The predicted molar refractivity (Wildman–Crippen MR) is 93.0 cm³/mol. The number of carbonyl (C=O) groups is 2. The van der Waals surface area contributed by atoms with E-state index in [9.17, 15) is 9.59 Å². The molecule has 25 heavy (non-hydrogen) atoms. The van der Waals surface area contributed by atoms with E-state index in [0.29, 0.717) is 19.0 Å². The number of piperidine rings is 1. The molecule has 2 N–H and O–H groups in total. The second-order valence-electron chi connectivity index (χ2n) is 6.71. The first-order valence-electron chi connectivity index (χ1n) is 8.90. The zero-order chi connectivity index (χ0) is 17.2. The highest BCUT2D eigenvalue weighted by Gasteiger charge is 2.34. The van der Waals surface area contributed by atoms with E-state index in [-0.39, 0.29) is 23.9 Å². The van der Waals surface area contributed by atoms with Gasteiger partial charge in [-0.15, -0.1) is 0 Å². The van der Waals surface area contributed by atoms with Gasteiger partial charge in [0.1, 0.15) is 11.6 Å². The molecule has 0 spiro atoms. The third kappa shape index (κ3) is 3.31. The quantitative estimate of drug-likeness (QED) is 0.886. The molecule has 3 heterocycles. The minimum Gasteiger partial charge on any atom is -0.424 e. The van der Waals surface area contributed by atoms with Gasteiger partial charge in [-0.25, -0.2) is 0 Å². The van der Waals surface area contributed by atoms with E-state index in [2.05, 4.69) is 15.6 Å². The van der Waals surface area contributed by atoms with Crippen molar-refractivity contribution in [3.05, 3.63) is 24.3 Å². The lowest BCUT2D eigenvalue weighted by atomic mass is 10.0. The lowest BCUT2D eigenvalue weighted by Gasteiger charge is -2.31. The molecule has 1 aromatic heterocycles. The van der Waals surface area contributed by atoms with Crippen molar-refractivity contribution >= 4 is 28.9 Å². The largest absolute Gasteiger partial charge is 0.424 e. The van der Waals surface area contributed by atoms with E-state index in [4.69, 9.17) is 4.42 Å². The number of amides is 2. The van der Waals surface area contributed by atoms with Crippen molar-refractivity contribution in [2.24, 2.45) is 0 Å². The Kier molecular flexibility index (Phi) is 4.29. The zero-order valence-corrected chi connectivity index (χ0v) is 14.0. The van der Waals surface area contributed by atoms with Crippen molar-refractivity contribution in [1.82, 2.24) is 15.2 Å². The van der Waals surface area contributed by atoms with Crippen LogP contribution < -0.4 is 10.6 Å². The maximum Gasteiger partial charge on any atom is 0.295 e. The van der Waals surface area contributed by atoms with Crippen LogP contribution in [-0.4, -0.2) is 46.9 Å². The monoisotopic (exact) mass is 342 g/mol. The van der Waals surface area contributed by atoms with Crippen LogP contribution in [0.25, 0.3) is 11.1 Å². The molecular weight excluding hydrogens is 320 g/mol. The summed E-state index contributed by atoms with van der Waals surface area (Å²) in [6.45, 7) is 1.34. The van der Waals surface area contributed by atoms with Crippen molar-refractivity contribution in [3.8, 4) is 0 Å². The molecule has 7 heteroatoms. The second-order valence-corrected chi connectivity index (χ2v) is 6.71. The number of likely N-dealkylation sites (tertiary alicyclic amines) is 1. The molecule has 0 saturated carbocycles. The summed E-state index contributed by atoms with van der Waals surface area (Å²) >= 11 is 0. The fourth-order valence-electron chi connectivity index (χ4n) is 3.68. The Morgan fingerprint density at radius 1 is 1.32 bits per heavy atom. The minimum atomic E-state index is -0.369. The summed E-state index contributed by atoms with van der Waals surface area (Å²) in [4.78, 5) is 30.6. The van der Waals surface area contributed by atoms with Crippen LogP contribution in [0.2, 0.25) is 0 Å². The van der Waals surface area contributed by atoms with Gasteiger partial charge in [-0.3, -0.25) is 9.59 Å². The van der Waals surface area contributed by atoms with Gasteiger partial charge < -0.3 is 20.0 Å². The molecule has 2 aliphatic rings. The third-order valence-electron chi connectivity index (χ3n) is 4.97. The number of hydrogen-bond donors (Lipinski definition) is 2. The standard InChI is InChI=1S/C18H22N4O3/c23-16-9-3-7-14(20-16)17(24)22-10-4-5-12(22)11-19-18-21-13-6-1-2-8-15(13)25-18/h1-2,6,8,12,14H,3-5,7,9-11H2,(H,19,21)(H,20,23)/t12-,14-/m1/s1. The van der Waals surface area contributed by atoms with Crippen LogP contribution in [0.15, 0.2) is 28.7 Å². The smallest absolute Gasteiger partial charge is 0.295 e. The van der Waals surface area contributed by atoms with Crippen LogP contribution in [0.3, 0.4) is 0 Å². The zero-order valence-electron chi connectivity index (χ0n) is 14.0. The molecular formula is C18H22N4O3. The molecule has 7 nitrogen and oxygen atoms in total.